The number of aromatic nitrogens is 1. The highest BCUT2D eigenvalue weighted by molar-refractivity contribution is 14.0. The van der Waals surface area contributed by atoms with Gasteiger partial charge in [0.1, 0.15) is 5.76 Å². The topological polar surface area (TPSA) is 62.5 Å². The summed E-state index contributed by atoms with van der Waals surface area (Å²) in [5.41, 5.74) is 0. The summed E-state index contributed by atoms with van der Waals surface area (Å²) in [7, 11) is 0. The van der Waals surface area contributed by atoms with E-state index in [0.717, 1.165) is 29.7 Å². The first-order valence-electron chi connectivity index (χ1n) is 7.77. The first kappa shape index (κ1) is 20.7. The van der Waals surface area contributed by atoms with Crippen LogP contribution in [0, 0.1) is 6.92 Å². The van der Waals surface area contributed by atoms with Gasteiger partial charge in [-0.25, -0.2) is 4.98 Å². The molecule has 0 aliphatic heterocycles. The Labute approximate surface area is 164 Å². The molecule has 0 saturated carbocycles. The van der Waals surface area contributed by atoms with Crippen LogP contribution >= 0.6 is 35.3 Å². The molecule has 0 amide bonds. The van der Waals surface area contributed by atoms with Gasteiger partial charge in [0.25, 0.3) is 0 Å². The van der Waals surface area contributed by atoms with E-state index >= 15 is 0 Å². The minimum absolute atomic E-state index is 0. The van der Waals surface area contributed by atoms with Crippen molar-refractivity contribution >= 4 is 41.3 Å². The lowest BCUT2D eigenvalue weighted by atomic mass is 10.2. The van der Waals surface area contributed by atoms with Crippen LogP contribution in [0.1, 0.15) is 28.5 Å². The summed E-state index contributed by atoms with van der Waals surface area (Å²) < 4.78 is 5.33. The maximum absolute atomic E-state index is 5.33. The molecule has 0 saturated heterocycles. The zero-order chi connectivity index (χ0) is 16.5. The molecule has 5 nitrogen and oxygen atoms in total. The molecular weight excluding hydrogens is 435 g/mol. The monoisotopic (exact) mass is 460 g/mol. The number of nitrogens with zero attached hydrogens (tertiary/aromatic N) is 2. The van der Waals surface area contributed by atoms with Crippen LogP contribution in [0.4, 0.5) is 0 Å². The third-order valence-electron chi connectivity index (χ3n) is 3.24. The molecule has 132 valence electrons. The van der Waals surface area contributed by atoms with Gasteiger partial charge in [0.05, 0.1) is 17.8 Å². The molecular formula is C17H25IN4OS. The van der Waals surface area contributed by atoms with E-state index in [9.17, 15) is 0 Å². The number of hydrogen-bond acceptors (Lipinski definition) is 4. The van der Waals surface area contributed by atoms with Gasteiger partial charge >= 0.3 is 0 Å². The van der Waals surface area contributed by atoms with Crippen molar-refractivity contribution in [3.8, 4) is 0 Å². The summed E-state index contributed by atoms with van der Waals surface area (Å²) in [6.07, 6.45) is 6.25. The van der Waals surface area contributed by atoms with Crippen molar-refractivity contribution in [1.29, 1.82) is 0 Å². The van der Waals surface area contributed by atoms with Crippen molar-refractivity contribution in [2.75, 3.05) is 19.6 Å². The zero-order valence-electron chi connectivity index (χ0n) is 14.1. The molecule has 0 fully saturated rings. The molecule has 0 aliphatic rings. The first-order valence-corrected chi connectivity index (χ1v) is 8.58. The van der Waals surface area contributed by atoms with Crippen LogP contribution in [-0.2, 0) is 6.42 Å². The second-order valence-corrected chi connectivity index (χ2v) is 6.59. The number of rotatable bonds is 8. The fourth-order valence-electron chi connectivity index (χ4n) is 2.01. The SMILES string of the molecule is C=CCNC(=NCC(C)c1ncc(C)s1)NCCc1ccco1.I. The molecule has 1 atom stereocenters. The number of halogens is 1. The maximum atomic E-state index is 5.33. The van der Waals surface area contributed by atoms with Crippen LogP contribution in [0.15, 0.2) is 46.7 Å². The summed E-state index contributed by atoms with van der Waals surface area (Å²) in [5.74, 6) is 2.06. The van der Waals surface area contributed by atoms with Crippen molar-refractivity contribution in [1.82, 2.24) is 15.6 Å². The van der Waals surface area contributed by atoms with E-state index in [1.165, 1.54) is 4.88 Å². The van der Waals surface area contributed by atoms with Gasteiger partial charge in [-0.15, -0.1) is 41.9 Å². The Morgan fingerprint density at radius 2 is 2.33 bits per heavy atom. The summed E-state index contributed by atoms with van der Waals surface area (Å²) >= 11 is 1.73. The second-order valence-electron chi connectivity index (χ2n) is 5.33. The van der Waals surface area contributed by atoms with Crippen LogP contribution in [0.25, 0.3) is 0 Å². The van der Waals surface area contributed by atoms with Crippen LogP contribution < -0.4 is 10.6 Å². The third-order valence-corrected chi connectivity index (χ3v) is 4.39. The van der Waals surface area contributed by atoms with E-state index in [2.05, 4.69) is 41.0 Å². The molecule has 0 spiro atoms. The van der Waals surface area contributed by atoms with Gasteiger partial charge in [0.2, 0.25) is 0 Å². The fraction of sp³-hybridized carbons (Fsp3) is 0.412. The van der Waals surface area contributed by atoms with Gasteiger partial charge in [-0.1, -0.05) is 13.0 Å². The van der Waals surface area contributed by atoms with Crippen LogP contribution in [0.3, 0.4) is 0 Å². The van der Waals surface area contributed by atoms with Crippen molar-refractivity contribution in [2.45, 2.75) is 26.2 Å². The highest BCUT2D eigenvalue weighted by Crippen LogP contribution is 2.21. The van der Waals surface area contributed by atoms with E-state index in [1.807, 2.05) is 24.4 Å². The highest BCUT2D eigenvalue weighted by Gasteiger charge is 2.09. The predicted molar refractivity (Wildman–Crippen MR) is 112 cm³/mol. The average molecular weight is 460 g/mol. The van der Waals surface area contributed by atoms with E-state index in [-0.39, 0.29) is 24.0 Å². The fourth-order valence-corrected chi connectivity index (χ4v) is 2.82. The number of thiazole rings is 1. The number of aryl methyl sites for hydroxylation is 1. The van der Waals surface area contributed by atoms with Gasteiger partial charge in [-0.05, 0) is 19.1 Å². The first-order chi connectivity index (χ1) is 11.2. The van der Waals surface area contributed by atoms with Crippen LogP contribution in [0.5, 0.6) is 0 Å². The third kappa shape index (κ3) is 7.04. The van der Waals surface area contributed by atoms with Gasteiger partial charge in [-0.2, -0.15) is 0 Å². The molecule has 0 aromatic carbocycles. The van der Waals surface area contributed by atoms with Gasteiger partial charge in [-0.3, -0.25) is 4.99 Å². The quantitative estimate of drug-likeness (QED) is 0.273. The van der Waals surface area contributed by atoms with Gasteiger partial charge in [0, 0.05) is 36.5 Å². The van der Waals surface area contributed by atoms with E-state index in [0.29, 0.717) is 19.0 Å². The highest BCUT2D eigenvalue weighted by atomic mass is 127. The molecule has 0 aliphatic carbocycles. The predicted octanol–water partition coefficient (Wildman–Crippen LogP) is 3.73. The molecule has 0 radical (unpaired) electrons. The molecule has 2 N–H and O–H groups in total. The average Bonchev–Trinajstić information content (AvgIpc) is 3.20. The minimum atomic E-state index is 0. The second kappa shape index (κ2) is 11.2. The lowest BCUT2D eigenvalue weighted by Crippen LogP contribution is -2.38. The Bertz CT molecular complexity index is 624. The smallest absolute Gasteiger partial charge is 0.191 e. The molecule has 1 unspecified atom stereocenters. The van der Waals surface area contributed by atoms with Crippen molar-refractivity contribution in [2.24, 2.45) is 4.99 Å². The number of furan rings is 1. The summed E-state index contributed by atoms with van der Waals surface area (Å²) in [5, 5.41) is 7.68. The Morgan fingerprint density at radius 3 is 2.96 bits per heavy atom. The molecule has 2 heterocycles. The van der Waals surface area contributed by atoms with Crippen LogP contribution in [0.2, 0.25) is 0 Å². The molecule has 0 bridgehead atoms. The number of aliphatic imine (C=N–C) groups is 1. The van der Waals surface area contributed by atoms with E-state index < -0.39 is 0 Å². The standard InChI is InChI=1S/C17H24N4OS.HI/c1-4-8-18-17(19-9-7-15-6-5-10-22-15)21-11-13(2)16-20-12-14(3)23-16;/h4-6,10,12-13H,1,7-9,11H2,2-3H3,(H2,18,19,21);1H. The Balaban J connectivity index is 0.00000288. The van der Waals surface area contributed by atoms with Crippen molar-refractivity contribution < 1.29 is 4.42 Å². The van der Waals surface area contributed by atoms with E-state index in [4.69, 9.17) is 4.42 Å². The van der Waals surface area contributed by atoms with Crippen molar-refractivity contribution in [3.05, 3.63) is 52.9 Å². The number of guanidine groups is 1. The lowest BCUT2D eigenvalue weighted by Gasteiger charge is -2.12. The summed E-state index contributed by atoms with van der Waals surface area (Å²) in [4.78, 5) is 10.3. The molecule has 7 heteroatoms. The number of nitrogens with one attached hydrogen (secondary N) is 2. The zero-order valence-corrected chi connectivity index (χ0v) is 17.3. The van der Waals surface area contributed by atoms with E-state index in [1.54, 1.807) is 17.6 Å². The van der Waals surface area contributed by atoms with Gasteiger partial charge in [0.15, 0.2) is 5.96 Å². The maximum Gasteiger partial charge on any atom is 0.191 e. The van der Waals surface area contributed by atoms with Gasteiger partial charge < -0.3 is 15.1 Å². The van der Waals surface area contributed by atoms with Crippen LogP contribution in [-0.4, -0.2) is 30.6 Å². The number of hydrogen-bond donors (Lipinski definition) is 2. The lowest BCUT2D eigenvalue weighted by molar-refractivity contribution is 0.507. The minimum Gasteiger partial charge on any atom is -0.469 e. The van der Waals surface area contributed by atoms with Crippen molar-refractivity contribution in [3.63, 3.8) is 0 Å². The Kier molecular flexibility index (Phi) is 9.70. The normalized spacial score (nSPS) is 12.3. The summed E-state index contributed by atoms with van der Waals surface area (Å²) in [6.45, 7) is 10.1. The molecule has 2 rings (SSSR count). The molecule has 2 aromatic rings. The Morgan fingerprint density at radius 1 is 1.50 bits per heavy atom. The molecule has 24 heavy (non-hydrogen) atoms. The summed E-state index contributed by atoms with van der Waals surface area (Å²) in [6, 6.07) is 3.88. The Hall–Kier alpha value is -1.35. The largest absolute Gasteiger partial charge is 0.469 e. The molecule has 2 aromatic heterocycles.